The van der Waals surface area contributed by atoms with E-state index in [1.165, 1.54) is 6.07 Å². The van der Waals surface area contributed by atoms with Crippen LogP contribution in [0.5, 0.6) is 0 Å². The van der Waals surface area contributed by atoms with Crippen LogP contribution in [-0.2, 0) is 6.42 Å². The Morgan fingerprint density at radius 3 is 2.52 bits per heavy atom. The van der Waals surface area contributed by atoms with E-state index in [0.29, 0.717) is 12.8 Å². The first-order valence-electron chi connectivity index (χ1n) is 7.93. The Balaban J connectivity index is 1.61. The van der Waals surface area contributed by atoms with Crippen LogP contribution in [0.3, 0.4) is 0 Å². The van der Waals surface area contributed by atoms with Gasteiger partial charge in [0.2, 0.25) is 0 Å². The average Bonchev–Trinajstić information content (AvgIpc) is 2.89. The van der Waals surface area contributed by atoms with Crippen LogP contribution >= 0.6 is 0 Å². The fraction of sp³-hybridized carbons (Fsp3) is 0.625. The second kappa shape index (κ2) is 6.02. The third kappa shape index (κ3) is 3.43. The number of anilines is 1. The Bertz CT molecular complexity index is 595. The Morgan fingerprint density at radius 2 is 1.91 bits per heavy atom. The van der Waals surface area contributed by atoms with E-state index in [4.69, 9.17) is 0 Å². The van der Waals surface area contributed by atoms with Gasteiger partial charge in [-0.15, -0.1) is 0 Å². The first kappa shape index (κ1) is 16.1. The van der Waals surface area contributed by atoms with Crippen LogP contribution in [0.25, 0.3) is 0 Å². The van der Waals surface area contributed by atoms with Crippen LogP contribution in [0.4, 0.5) is 24.5 Å². The summed E-state index contributed by atoms with van der Waals surface area (Å²) in [5, 5.41) is 10.8. The Hall–Kier alpha value is -1.79. The number of nitro benzene ring substituents is 1. The first-order valence-corrected chi connectivity index (χ1v) is 7.93. The van der Waals surface area contributed by atoms with Gasteiger partial charge in [-0.2, -0.15) is 13.2 Å². The molecule has 1 heterocycles. The molecule has 0 amide bonds. The van der Waals surface area contributed by atoms with Gasteiger partial charge in [0.15, 0.2) is 0 Å². The number of nitro groups is 1. The number of alkyl halides is 3. The Kier molecular flexibility index (Phi) is 4.21. The minimum absolute atomic E-state index is 0.0938. The lowest BCUT2D eigenvalue weighted by Gasteiger charge is -2.33. The van der Waals surface area contributed by atoms with E-state index in [0.717, 1.165) is 30.8 Å². The molecule has 0 aromatic heterocycles. The number of halogens is 3. The van der Waals surface area contributed by atoms with Crippen LogP contribution in [0, 0.1) is 22.0 Å². The molecule has 0 bridgehead atoms. The minimum Gasteiger partial charge on any atom is -0.371 e. The summed E-state index contributed by atoms with van der Waals surface area (Å²) in [5.74, 6) is -0.873. The van der Waals surface area contributed by atoms with E-state index in [-0.39, 0.29) is 24.4 Å². The monoisotopic (exact) mass is 328 g/mol. The summed E-state index contributed by atoms with van der Waals surface area (Å²) in [5.41, 5.74) is 2.05. The van der Waals surface area contributed by atoms with E-state index >= 15 is 0 Å². The molecular weight excluding hydrogens is 309 g/mol. The topological polar surface area (TPSA) is 46.4 Å². The van der Waals surface area contributed by atoms with Crippen LogP contribution in [0.2, 0.25) is 0 Å². The highest BCUT2D eigenvalue weighted by Gasteiger charge is 2.41. The van der Waals surface area contributed by atoms with Gasteiger partial charge in [0, 0.05) is 30.9 Å². The summed E-state index contributed by atoms with van der Waals surface area (Å²) in [6.45, 7) is 1.53. The average molecular weight is 328 g/mol. The third-order valence-electron chi connectivity index (χ3n) is 5.05. The van der Waals surface area contributed by atoms with Crippen molar-refractivity contribution in [3.05, 3.63) is 33.9 Å². The maximum Gasteiger partial charge on any atom is 0.391 e. The fourth-order valence-corrected chi connectivity index (χ4v) is 3.74. The molecule has 126 valence electrons. The summed E-state index contributed by atoms with van der Waals surface area (Å²) < 4.78 is 38.1. The molecule has 0 spiro atoms. The summed E-state index contributed by atoms with van der Waals surface area (Å²) in [7, 11) is 0. The maximum atomic E-state index is 12.7. The van der Waals surface area contributed by atoms with E-state index in [1.807, 2.05) is 0 Å². The summed E-state index contributed by atoms with van der Waals surface area (Å²) in [6.07, 6.45) is -1.67. The highest BCUT2D eigenvalue weighted by molar-refractivity contribution is 5.61. The van der Waals surface area contributed by atoms with Crippen LogP contribution in [-0.4, -0.2) is 24.2 Å². The number of benzene rings is 1. The zero-order chi connectivity index (χ0) is 16.6. The second-order valence-electron chi connectivity index (χ2n) is 6.53. The number of rotatable bonds is 3. The van der Waals surface area contributed by atoms with Crippen molar-refractivity contribution in [1.82, 2.24) is 0 Å². The lowest BCUT2D eigenvalue weighted by molar-refractivity contribution is -0.384. The smallest absolute Gasteiger partial charge is 0.371 e. The van der Waals surface area contributed by atoms with Gasteiger partial charge in [-0.3, -0.25) is 10.1 Å². The van der Waals surface area contributed by atoms with Gasteiger partial charge in [-0.1, -0.05) is 0 Å². The summed E-state index contributed by atoms with van der Waals surface area (Å²) >= 11 is 0. The number of hydrogen-bond acceptors (Lipinski definition) is 3. The minimum atomic E-state index is -4.07. The first-order chi connectivity index (χ1) is 10.8. The predicted octanol–water partition coefficient (Wildman–Crippen LogP) is 4.33. The van der Waals surface area contributed by atoms with Crippen molar-refractivity contribution in [1.29, 1.82) is 0 Å². The summed E-state index contributed by atoms with van der Waals surface area (Å²) in [4.78, 5) is 12.6. The quantitative estimate of drug-likeness (QED) is 0.613. The highest BCUT2D eigenvalue weighted by atomic mass is 19.4. The highest BCUT2D eigenvalue weighted by Crippen LogP contribution is 2.40. The number of non-ortho nitro benzene ring substituents is 1. The van der Waals surface area contributed by atoms with Crippen molar-refractivity contribution in [2.24, 2.45) is 11.8 Å². The van der Waals surface area contributed by atoms with Crippen LogP contribution in [0.15, 0.2) is 18.2 Å². The molecule has 4 nitrogen and oxygen atoms in total. The molecule has 2 aliphatic rings. The van der Waals surface area contributed by atoms with E-state index in [1.54, 1.807) is 12.1 Å². The second-order valence-corrected chi connectivity index (χ2v) is 6.53. The van der Waals surface area contributed by atoms with E-state index < -0.39 is 17.0 Å². The van der Waals surface area contributed by atoms with Gasteiger partial charge in [0.25, 0.3) is 5.69 Å². The molecule has 3 rings (SSSR count). The van der Waals surface area contributed by atoms with E-state index in [9.17, 15) is 23.3 Å². The molecular formula is C16H19F3N2O2. The van der Waals surface area contributed by atoms with Crippen molar-refractivity contribution < 1.29 is 18.1 Å². The molecule has 0 radical (unpaired) electrons. The third-order valence-corrected chi connectivity index (χ3v) is 5.05. The largest absolute Gasteiger partial charge is 0.391 e. The van der Waals surface area contributed by atoms with Gasteiger partial charge in [0.05, 0.1) is 10.8 Å². The SMILES string of the molecule is O=[N+]([O-])c1ccc2c(c1)CCN2C[C@H]1CC[C@H](C(F)(F)F)CC1. The Morgan fingerprint density at radius 1 is 1.22 bits per heavy atom. The molecule has 23 heavy (non-hydrogen) atoms. The molecule has 0 atom stereocenters. The lowest BCUT2D eigenvalue weighted by atomic mass is 9.81. The number of nitrogens with zero attached hydrogens (tertiary/aromatic N) is 2. The van der Waals surface area contributed by atoms with Gasteiger partial charge in [-0.25, -0.2) is 0 Å². The molecule has 1 saturated carbocycles. The molecule has 1 fully saturated rings. The molecule has 1 aromatic carbocycles. The predicted molar refractivity (Wildman–Crippen MR) is 80.5 cm³/mol. The normalized spacial score (nSPS) is 24.6. The van der Waals surface area contributed by atoms with Crippen molar-refractivity contribution >= 4 is 11.4 Å². The molecule has 0 N–H and O–H groups in total. The number of fused-ring (bicyclic) bond motifs is 1. The van der Waals surface area contributed by atoms with Crippen LogP contribution < -0.4 is 4.90 Å². The van der Waals surface area contributed by atoms with E-state index in [2.05, 4.69) is 4.90 Å². The van der Waals surface area contributed by atoms with Crippen molar-refractivity contribution in [3.63, 3.8) is 0 Å². The van der Waals surface area contributed by atoms with Crippen molar-refractivity contribution in [3.8, 4) is 0 Å². The molecule has 7 heteroatoms. The molecule has 1 aromatic rings. The standard InChI is InChI=1S/C16H19F3N2O2/c17-16(18,19)13-3-1-11(2-4-13)10-20-8-7-12-9-14(21(22)23)5-6-15(12)20/h5-6,9,11,13H,1-4,7-8,10H2/t11-,13-. The molecule has 0 saturated heterocycles. The van der Waals surface area contributed by atoms with Gasteiger partial charge in [-0.05, 0) is 49.7 Å². The summed E-state index contributed by atoms with van der Waals surface area (Å²) in [6, 6.07) is 4.87. The Labute approximate surface area is 132 Å². The zero-order valence-electron chi connectivity index (χ0n) is 12.7. The molecule has 1 aliphatic heterocycles. The molecule has 0 unspecified atom stereocenters. The lowest BCUT2D eigenvalue weighted by Crippen LogP contribution is -2.33. The zero-order valence-corrected chi connectivity index (χ0v) is 12.7. The van der Waals surface area contributed by atoms with Gasteiger partial charge >= 0.3 is 6.18 Å². The fourth-order valence-electron chi connectivity index (χ4n) is 3.74. The van der Waals surface area contributed by atoms with Crippen LogP contribution in [0.1, 0.15) is 31.2 Å². The van der Waals surface area contributed by atoms with Crippen molar-refractivity contribution in [2.45, 2.75) is 38.3 Å². The van der Waals surface area contributed by atoms with Gasteiger partial charge in [0.1, 0.15) is 0 Å². The van der Waals surface area contributed by atoms with Gasteiger partial charge < -0.3 is 4.90 Å². The van der Waals surface area contributed by atoms with Crippen molar-refractivity contribution in [2.75, 3.05) is 18.0 Å². The molecule has 1 aliphatic carbocycles. The number of hydrogen-bond donors (Lipinski definition) is 0. The maximum absolute atomic E-state index is 12.7.